The molecule has 1 saturated carbocycles. The average molecular weight is 617 g/mol. The number of rotatable bonds is 14. The van der Waals surface area contributed by atoms with Crippen LogP contribution in [0.15, 0.2) is 34.9 Å². The second-order valence-electron chi connectivity index (χ2n) is 14.1. The normalized spacial score (nSPS) is 33.1. The van der Waals surface area contributed by atoms with Crippen LogP contribution in [0.5, 0.6) is 0 Å². The van der Waals surface area contributed by atoms with Crippen molar-refractivity contribution in [1.82, 2.24) is 0 Å². The molecule has 0 aromatic rings. The molecule has 8 nitrogen and oxygen atoms in total. The number of hydrogen-bond donors (Lipinski definition) is 3. The van der Waals surface area contributed by atoms with Crippen LogP contribution in [0.4, 0.5) is 0 Å². The van der Waals surface area contributed by atoms with Crippen LogP contribution in [-0.4, -0.2) is 63.6 Å². The molecule has 0 radical (unpaired) electrons. The summed E-state index contributed by atoms with van der Waals surface area (Å²) in [6.45, 7) is 12.3. The van der Waals surface area contributed by atoms with Gasteiger partial charge >= 0.3 is 11.9 Å². The molecule has 0 heterocycles. The lowest BCUT2D eigenvalue weighted by atomic mass is 9.59. The van der Waals surface area contributed by atoms with Crippen LogP contribution in [-0.2, 0) is 23.9 Å². The van der Waals surface area contributed by atoms with Crippen molar-refractivity contribution >= 4 is 17.7 Å². The highest BCUT2D eigenvalue weighted by Gasteiger charge is 2.73. The molecule has 3 aliphatic rings. The van der Waals surface area contributed by atoms with Crippen molar-refractivity contribution in [3.63, 3.8) is 0 Å². The lowest BCUT2D eigenvalue weighted by molar-refractivity contribution is -0.201. The van der Waals surface area contributed by atoms with Crippen molar-refractivity contribution in [3.05, 3.63) is 34.9 Å². The monoisotopic (exact) mass is 616 g/mol. The number of carbonyl (C=O) groups is 3. The lowest BCUT2D eigenvalue weighted by Gasteiger charge is -2.48. The minimum Gasteiger partial charge on any atom is -0.461 e. The molecule has 0 aromatic carbocycles. The van der Waals surface area contributed by atoms with Crippen molar-refractivity contribution in [2.75, 3.05) is 6.61 Å². The number of fused-ring (bicyclic) bond motifs is 1. The van der Waals surface area contributed by atoms with Gasteiger partial charge in [-0.15, -0.1) is 0 Å². The predicted molar refractivity (Wildman–Crippen MR) is 169 cm³/mol. The van der Waals surface area contributed by atoms with E-state index in [9.17, 15) is 29.7 Å². The molecule has 2 bridgehead atoms. The van der Waals surface area contributed by atoms with Crippen molar-refractivity contribution < 1.29 is 39.2 Å². The maximum Gasteiger partial charge on any atom is 0.334 e. The molecule has 1 spiro atoms. The van der Waals surface area contributed by atoms with Gasteiger partial charge in [0.1, 0.15) is 12.2 Å². The van der Waals surface area contributed by atoms with Gasteiger partial charge in [0.25, 0.3) is 0 Å². The number of carbonyl (C=O) groups excluding carboxylic acids is 3. The Labute approximate surface area is 264 Å². The molecular weight excluding hydrogens is 560 g/mol. The second-order valence-corrected chi connectivity index (χ2v) is 14.1. The number of hydrogen-bond acceptors (Lipinski definition) is 8. The quantitative estimate of drug-likeness (QED) is 0.0949. The van der Waals surface area contributed by atoms with E-state index in [1.807, 2.05) is 20.8 Å². The topological polar surface area (TPSA) is 130 Å². The van der Waals surface area contributed by atoms with E-state index < -0.39 is 64.9 Å². The number of aliphatic hydroxyl groups excluding tert-OH is 2. The molecule has 0 unspecified atom stereocenters. The Morgan fingerprint density at radius 1 is 1.05 bits per heavy atom. The van der Waals surface area contributed by atoms with E-state index in [0.717, 1.165) is 19.3 Å². The molecule has 3 N–H and O–H groups in total. The molecule has 0 aliphatic heterocycles. The van der Waals surface area contributed by atoms with Gasteiger partial charge in [0.15, 0.2) is 17.5 Å². The minimum absolute atomic E-state index is 0.0320. The lowest BCUT2D eigenvalue weighted by Crippen LogP contribution is -2.65. The molecule has 0 aromatic heterocycles. The summed E-state index contributed by atoms with van der Waals surface area (Å²) in [6.07, 6.45) is 11.5. The second kappa shape index (κ2) is 14.9. The molecule has 44 heavy (non-hydrogen) atoms. The van der Waals surface area contributed by atoms with Crippen LogP contribution in [0.2, 0.25) is 0 Å². The van der Waals surface area contributed by atoms with Gasteiger partial charge in [-0.2, -0.15) is 0 Å². The number of allylic oxidation sites excluding steroid dienone is 1. The Morgan fingerprint density at radius 2 is 1.64 bits per heavy atom. The number of ketones is 1. The van der Waals surface area contributed by atoms with Crippen LogP contribution in [0, 0.1) is 22.7 Å². The summed E-state index contributed by atoms with van der Waals surface area (Å²) in [5.41, 5.74) is -3.81. The maximum atomic E-state index is 14.8. The summed E-state index contributed by atoms with van der Waals surface area (Å²) in [5, 5.41) is 34.7. The first-order valence-corrected chi connectivity index (χ1v) is 16.7. The fraction of sp³-hybridized carbons (Fsp3) is 0.750. The summed E-state index contributed by atoms with van der Waals surface area (Å²) < 4.78 is 11.9. The Bertz CT molecular complexity index is 1150. The van der Waals surface area contributed by atoms with Gasteiger partial charge < -0.3 is 24.8 Å². The van der Waals surface area contributed by atoms with Gasteiger partial charge in [-0.05, 0) is 50.7 Å². The Balaban J connectivity index is 1.89. The van der Waals surface area contributed by atoms with Crippen LogP contribution < -0.4 is 0 Å². The Morgan fingerprint density at radius 3 is 2.20 bits per heavy atom. The predicted octanol–water partition coefficient (Wildman–Crippen LogP) is 5.92. The minimum atomic E-state index is -2.27. The third kappa shape index (κ3) is 6.78. The number of unbranched alkanes of at least 4 members (excludes halogenated alkanes) is 8. The first kappa shape index (κ1) is 36.2. The summed E-state index contributed by atoms with van der Waals surface area (Å²) in [6, 6.07) is 0. The molecule has 1 fully saturated rings. The summed E-state index contributed by atoms with van der Waals surface area (Å²) in [5.74, 6) is -3.02. The Hall–Kier alpha value is -2.29. The van der Waals surface area contributed by atoms with Gasteiger partial charge in [0.05, 0.1) is 17.9 Å². The van der Waals surface area contributed by atoms with Crippen molar-refractivity contribution in [3.8, 4) is 0 Å². The van der Waals surface area contributed by atoms with E-state index in [1.54, 1.807) is 32.9 Å². The number of esters is 2. The maximum absolute atomic E-state index is 14.8. The zero-order valence-corrected chi connectivity index (χ0v) is 28.0. The molecule has 8 heteroatoms. The van der Waals surface area contributed by atoms with Gasteiger partial charge in [0, 0.05) is 17.4 Å². The number of Topliss-reactive ketones (excluding diaryl/α,β-unsaturated/α-hetero) is 1. The summed E-state index contributed by atoms with van der Waals surface area (Å²) in [7, 11) is 0. The molecule has 248 valence electrons. The van der Waals surface area contributed by atoms with Gasteiger partial charge in [0.2, 0.25) is 0 Å². The van der Waals surface area contributed by atoms with Gasteiger partial charge in [-0.1, -0.05) is 97.3 Å². The van der Waals surface area contributed by atoms with Crippen LogP contribution in [0.25, 0.3) is 0 Å². The van der Waals surface area contributed by atoms with E-state index in [2.05, 4.69) is 6.92 Å². The fourth-order valence-electron chi connectivity index (χ4n) is 7.92. The highest BCUT2D eigenvalue weighted by molar-refractivity contribution is 5.96. The highest BCUT2D eigenvalue weighted by atomic mass is 16.6. The zero-order valence-electron chi connectivity index (χ0n) is 28.0. The van der Waals surface area contributed by atoms with Crippen molar-refractivity contribution in [2.24, 2.45) is 22.7 Å². The fourth-order valence-corrected chi connectivity index (χ4v) is 7.92. The molecule has 7 atom stereocenters. The van der Waals surface area contributed by atoms with E-state index in [4.69, 9.17) is 9.47 Å². The van der Waals surface area contributed by atoms with E-state index in [-0.39, 0.29) is 18.0 Å². The molecule has 0 saturated heterocycles. The SMILES string of the molecule is C/C=C(/C)C(=O)O[C@H]1C(C)=C[C@]23C(=O)[C@@H](C=C(CO)[C@@H](O)[C@]12O)[C@@H](OC(=O)CCCCCCCCCCC)C(C)(C)C[C@H]3C. The smallest absolute Gasteiger partial charge is 0.334 e. The molecular formula is C36H56O8. The van der Waals surface area contributed by atoms with Crippen molar-refractivity contribution in [1.29, 1.82) is 0 Å². The van der Waals surface area contributed by atoms with Crippen molar-refractivity contribution in [2.45, 2.75) is 143 Å². The number of aliphatic hydroxyl groups is 3. The standard InChI is InChI=1S/C36H56O8/c1-8-10-11-12-13-14-15-16-17-18-28(38)43-32-27-19-26(22-37)29(39)36(42)31(44-33(41)23(3)9-2)24(4)20-35(36,30(27)40)25(5)21-34(32,6)7/h9,19-20,25,27,29,31-32,37,39,42H,8,10-18,21-22H2,1-7H3/b23-9-/t25-,27-,29-,31+,32-,35+,36+/m1/s1. The van der Waals surface area contributed by atoms with Crippen LogP contribution in [0.1, 0.15) is 119 Å². The first-order chi connectivity index (χ1) is 20.7. The largest absolute Gasteiger partial charge is 0.461 e. The average Bonchev–Trinajstić information content (AvgIpc) is 3.15. The third-order valence-corrected chi connectivity index (χ3v) is 10.4. The molecule has 0 amide bonds. The summed E-state index contributed by atoms with van der Waals surface area (Å²) in [4.78, 5) is 40.9. The third-order valence-electron chi connectivity index (χ3n) is 10.4. The number of ether oxygens (including phenoxy) is 2. The van der Waals surface area contributed by atoms with E-state index in [0.29, 0.717) is 24.0 Å². The van der Waals surface area contributed by atoms with Gasteiger partial charge in [-0.3, -0.25) is 9.59 Å². The molecule has 3 aliphatic carbocycles. The van der Waals surface area contributed by atoms with Crippen LogP contribution >= 0.6 is 0 Å². The van der Waals surface area contributed by atoms with E-state index in [1.165, 1.54) is 38.2 Å². The zero-order chi connectivity index (χ0) is 32.9. The molecule has 3 rings (SSSR count). The van der Waals surface area contributed by atoms with Crippen LogP contribution in [0.3, 0.4) is 0 Å². The van der Waals surface area contributed by atoms with E-state index >= 15 is 0 Å². The Kier molecular flexibility index (Phi) is 12.2. The first-order valence-electron chi connectivity index (χ1n) is 16.7. The highest BCUT2D eigenvalue weighted by Crippen LogP contribution is 2.61. The summed E-state index contributed by atoms with van der Waals surface area (Å²) >= 11 is 0. The van der Waals surface area contributed by atoms with Gasteiger partial charge in [-0.25, -0.2) is 4.79 Å².